The lowest BCUT2D eigenvalue weighted by Crippen LogP contribution is -2.25. The second kappa shape index (κ2) is 16.2. The largest absolute Gasteiger partial charge is 0.490 e. The number of aryl methyl sites for hydroxylation is 4. The SMILES string of the molecule is Cc1cc(-c2cc(C)c(OCC(O)COCC3SCCS3)c(C)c2)cc(C)c1OCC(O)COCC1SCCS1. The van der Waals surface area contributed by atoms with E-state index in [2.05, 4.69) is 24.3 Å². The molecule has 0 aliphatic carbocycles. The lowest BCUT2D eigenvalue weighted by molar-refractivity contribution is 0.0158. The maximum absolute atomic E-state index is 10.4. The summed E-state index contributed by atoms with van der Waals surface area (Å²) in [6.45, 7) is 10.4. The van der Waals surface area contributed by atoms with Gasteiger partial charge in [-0.2, -0.15) is 0 Å². The third-order valence-corrected chi connectivity index (χ3v) is 12.5. The number of aliphatic hydroxyl groups is 2. The zero-order chi connectivity index (χ0) is 28.5. The van der Waals surface area contributed by atoms with E-state index < -0.39 is 12.2 Å². The molecule has 0 aromatic heterocycles. The molecule has 2 heterocycles. The van der Waals surface area contributed by atoms with Crippen LogP contribution in [-0.2, 0) is 9.47 Å². The number of ether oxygens (including phenoxy) is 4. The third-order valence-electron chi connectivity index (χ3n) is 6.60. The molecule has 2 aliphatic rings. The van der Waals surface area contributed by atoms with Gasteiger partial charge in [-0.05, 0) is 85.3 Å². The zero-order valence-electron chi connectivity index (χ0n) is 23.9. The Morgan fingerprint density at radius 3 is 1.25 bits per heavy atom. The van der Waals surface area contributed by atoms with E-state index in [4.69, 9.17) is 18.9 Å². The lowest BCUT2D eigenvalue weighted by Gasteiger charge is -2.19. The number of hydrogen-bond donors (Lipinski definition) is 2. The predicted molar refractivity (Wildman–Crippen MR) is 173 cm³/mol. The van der Waals surface area contributed by atoms with Crippen molar-refractivity contribution in [3.05, 3.63) is 46.5 Å². The maximum Gasteiger partial charge on any atom is 0.125 e. The molecule has 6 nitrogen and oxygen atoms in total. The molecular formula is C30H42O6S4. The molecule has 10 heteroatoms. The molecule has 2 unspecified atom stereocenters. The number of hydrogen-bond acceptors (Lipinski definition) is 10. The van der Waals surface area contributed by atoms with Crippen LogP contribution in [0.5, 0.6) is 11.5 Å². The summed E-state index contributed by atoms with van der Waals surface area (Å²) in [7, 11) is 0. The van der Waals surface area contributed by atoms with E-state index in [9.17, 15) is 10.2 Å². The normalized spacial score (nSPS) is 17.9. The average molecular weight is 627 g/mol. The molecule has 2 N–H and O–H groups in total. The van der Waals surface area contributed by atoms with Gasteiger partial charge in [0.15, 0.2) is 0 Å². The fraction of sp³-hybridized carbons (Fsp3) is 0.600. The van der Waals surface area contributed by atoms with Crippen molar-refractivity contribution in [2.75, 3.05) is 62.7 Å². The molecule has 0 radical (unpaired) electrons. The summed E-state index contributed by atoms with van der Waals surface area (Å²) in [5.74, 6) is 6.31. The maximum atomic E-state index is 10.4. The van der Waals surface area contributed by atoms with E-state index in [0.29, 0.717) is 22.4 Å². The smallest absolute Gasteiger partial charge is 0.125 e. The Kier molecular flexibility index (Phi) is 13.1. The fourth-order valence-electron chi connectivity index (χ4n) is 4.75. The number of benzene rings is 2. The Hall–Kier alpha value is -0.720. The van der Waals surface area contributed by atoms with Crippen LogP contribution in [0.4, 0.5) is 0 Å². The predicted octanol–water partition coefficient (Wildman–Crippen LogP) is 5.71. The molecule has 0 saturated carbocycles. The summed E-state index contributed by atoms with van der Waals surface area (Å²) in [6, 6.07) is 8.49. The van der Waals surface area contributed by atoms with E-state index in [1.807, 2.05) is 74.7 Å². The van der Waals surface area contributed by atoms with Crippen molar-refractivity contribution >= 4 is 47.0 Å². The molecule has 40 heavy (non-hydrogen) atoms. The van der Waals surface area contributed by atoms with E-state index >= 15 is 0 Å². The molecule has 2 aromatic carbocycles. The fourth-order valence-corrected chi connectivity index (χ4v) is 10.0. The van der Waals surface area contributed by atoms with Gasteiger partial charge in [0, 0.05) is 23.0 Å². The van der Waals surface area contributed by atoms with Gasteiger partial charge in [0.05, 0.1) is 35.6 Å². The second-order valence-electron chi connectivity index (χ2n) is 10.2. The highest BCUT2D eigenvalue weighted by Crippen LogP contribution is 2.35. The van der Waals surface area contributed by atoms with Gasteiger partial charge in [0.1, 0.15) is 36.9 Å². The van der Waals surface area contributed by atoms with Crippen molar-refractivity contribution in [3.8, 4) is 22.6 Å². The summed E-state index contributed by atoms with van der Waals surface area (Å²) >= 11 is 7.69. The molecule has 2 aliphatic heterocycles. The first-order valence-electron chi connectivity index (χ1n) is 13.8. The standard InChI is InChI=1S/C30H42O6S4/c1-19-9-23(10-20(2)29(19)35-15-25(31)13-33-17-27-37-5-6-38-27)24-11-21(3)30(22(4)12-24)36-16-26(32)14-34-18-28-39-7-8-40-28/h9-12,25-28,31-32H,5-8,13-18H2,1-4H3. The summed E-state index contributed by atoms with van der Waals surface area (Å²) < 4.78 is 24.4. The quantitative estimate of drug-likeness (QED) is 0.257. The molecule has 2 saturated heterocycles. The van der Waals surface area contributed by atoms with Gasteiger partial charge in [-0.3, -0.25) is 0 Å². The van der Waals surface area contributed by atoms with Gasteiger partial charge in [0.25, 0.3) is 0 Å². The minimum Gasteiger partial charge on any atom is -0.490 e. The molecule has 2 fully saturated rings. The summed E-state index contributed by atoms with van der Waals surface area (Å²) in [5.41, 5.74) is 6.30. The van der Waals surface area contributed by atoms with Crippen LogP contribution in [0.1, 0.15) is 22.3 Å². The first kappa shape index (κ1) is 32.2. The highest BCUT2D eigenvalue weighted by Gasteiger charge is 2.19. The van der Waals surface area contributed by atoms with Crippen molar-refractivity contribution < 1.29 is 29.2 Å². The monoisotopic (exact) mass is 626 g/mol. The van der Waals surface area contributed by atoms with Gasteiger partial charge in [0.2, 0.25) is 0 Å². The van der Waals surface area contributed by atoms with Gasteiger partial charge >= 0.3 is 0 Å². The van der Waals surface area contributed by atoms with Crippen LogP contribution in [0.3, 0.4) is 0 Å². The molecule has 0 amide bonds. The molecule has 4 rings (SSSR count). The minimum absolute atomic E-state index is 0.200. The van der Waals surface area contributed by atoms with Crippen molar-refractivity contribution in [1.82, 2.24) is 0 Å². The number of rotatable bonds is 15. The number of thioether (sulfide) groups is 4. The van der Waals surface area contributed by atoms with E-state index in [0.717, 1.165) is 44.9 Å². The van der Waals surface area contributed by atoms with Crippen LogP contribution in [0, 0.1) is 27.7 Å². The third kappa shape index (κ3) is 9.66. The Morgan fingerprint density at radius 1 is 0.600 bits per heavy atom. The van der Waals surface area contributed by atoms with Crippen LogP contribution in [-0.4, -0.2) is 94.2 Å². The highest BCUT2D eigenvalue weighted by molar-refractivity contribution is 8.20. The van der Waals surface area contributed by atoms with Crippen molar-refractivity contribution in [2.24, 2.45) is 0 Å². The van der Waals surface area contributed by atoms with Crippen LogP contribution >= 0.6 is 47.0 Å². The second-order valence-corrected chi connectivity index (χ2v) is 16.1. The highest BCUT2D eigenvalue weighted by atomic mass is 32.2. The van der Waals surface area contributed by atoms with Gasteiger partial charge in [-0.15, -0.1) is 47.0 Å². The minimum atomic E-state index is -0.664. The van der Waals surface area contributed by atoms with Crippen LogP contribution in [0.2, 0.25) is 0 Å². The van der Waals surface area contributed by atoms with E-state index in [1.54, 1.807) is 0 Å². The van der Waals surface area contributed by atoms with Crippen molar-refractivity contribution in [3.63, 3.8) is 0 Å². The van der Waals surface area contributed by atoms with Crippen molar-refractivity contribution in [1.29, 1.82) is 0 Å². The Labute approximate surface area is 256 Å². The Morgan fingerprint density at radius 2 is 0.925 bits per heavy atom. The zero-order valence-corrected chi connectivity index (χ0v) is 27.1. The van der Waals surface area contributed by atoms with Gasteiger partial charge in [-0.25, -0.2) is 0 Å². The molecule has 222 valence electrons. The first-order chi connectivity index (χ1) is 19.3. The van der Waals surface area contributed by atoms with Gasteiger partial charge < -0.3 is 29.2 Å². The molecule has 2 atom stereocenters. The Bertz CT molecular complexity index is 956. The van der Waals surface area contributed by atoms with Crippen LogP contribution in [0.25, 0.3) is 11.1 Å². The topological polar surface area (TPSA) is 77.4 Å². The average Bonchev–Trinajstić information content (AvgIpc) is 3.62. The summed E-state index contributed by atoms with van der Waals surface area (Å²) in [4.78, 5) is 0. The Balaban J connectivity index is 1.28. The van der Waals surface area contributed by atoms with E-state index in [1.165, 1.54) is 23.0 Å². The lowest BCUT2D eigenvalue weighted by atomic mass is 9.96. The van der Waals surface area contributed by atoms with Crippen molar-refractivity contribution in [2.45, 2.75) is 49.1 Å². The first-order valence-corrected chi connectivity index (χ1v) is 18.0. The summed E-state index contributed by atoms with van der Waals surface area (Å²) in [5, 5.41) is 20.7. The molecular weight excluding hydrogens is 585 g/mol. The summed E-state index contributed by atoms with van der Waals surface area (Å²) in [6.07, 6.45) is -1.33. The molecule has 0 bridgehead atoms. The van der Waals surface area contributed by atoms with Crippen LogP contribution < -0.4 is 9.47 Å². The van der Waals surface area contributed by atoms with E-state index in [-0.39, 0.29) is 26.4 Å². The van der Waals surface area contributed by atoms with Crippen LogP contribution in [0.15, 0.2) is 24.3 Å². The molecule has 2 aromatic rings. The number of aliphatic hydroxyl groups excluding tert-OH is 2. The van der Waals surface area contributed by atoms with Gasteiger partial charge in [-0.1, -0.05) is 0 Å². The molecule has 0 spiro atoms.